The highest BCUT2D eigenvalue weighted by molar-refractivity contribution is 5.02. The first-order valence-corrected chi connectivity index (χ1v) is 5.33. The number of hydrogen-bond donors (Lipinski definition) is 2. The molecule has 1 aliphatic rings. The van der Waals surface area contributed by atoms with Gasteiger partial charge in [0.05, 0.1) is 6.10 Å². The standard InChI is InChI=1S/C10H22N2O/c1-3-5-12-10(8-11)6-9(7-10)13-4-2/h9,12H,3-8,11H2,1-2H3. The van der Waals surface area contributed by atoms with Crippen LogP contribution in [-0.4, -0.2) is 31.3 Å². The molecule has 0 atom stereocenters. The van der Waals surface area contributed by atoms with Crippen molar-refractivity contribution in [2.75, 3.05) is 19.7 Å². The average molecular weight is 186 g/mol. The Balaban J connectivity index is 2.23. The van der Waals surface area contributed by atoms with E-state index < -0.39 is 0 Å². The van der Waals surface area contributed by atoms with E-state index in [9.17, 15) is 0 Å². The van der Waals surface area contributed by atoms with Gasteiger partial charge in [-0.3, -0.25) is 0 Å². The number of rotatable bonds is 6. The Morgan fingerprint density at radius 3 is 2.62 bits per heavy atom. The van der Waals surface area contributed by atoms with Gasteiger partial charge in [0, 0.05) is 18.7 Å². The molecule has 0 aliphatic heterocycles. The second kappa shape index (κ2) is 4.94. The fourth-order valence-electron chi connectivity index (χ4n) is 1.94. The lowest BCUT2D eigenvalue weighted by atomic mass is 9.74. The molecule has 78 valence electrons. The molecule has 0 unspecified atom stereocenters. The molecule has 3 nitrogen and oxygen atoms in total. The van der Waals surface area contributed by atoms with Gasteiger partial charge in [0.25, 0.3) is 0 Å². The summed E-state index contributed by atoms with van der Waals surface area (Å²) in [7, 11) is 0. The molecule has 0 spiro atoms. The van der Waals surface area contributed by atoms with Crippen LogP contribution in [0.4, 0.5) is 0 Å². The Bertz CT molecular complexity index is 144. The summed E-state index contributed by atoms with van der Waals surface area (Å²) >= 11 is 0. The number of ether oxygens (including phenoxy) is 1. The highest BCUT2D eigenvalue weighted by Gasteiger charge is 2.42. The van der Waals surface area contributed by atoms with E-state index in [0.717, 1.165) is 32.5 Å². The SMILES string of the molecule is CCCNC1(CN)CC(OCC)C1. The summed E-state index contributed by atoms with van der Waals surface area (Å²) in [5, 5.41) is 3.52. The van der Waals surface area contributed by atoms with Crippen molar-refractivity contribution in [1.29, 1.82) is 0 Å². The first-order chi connectivity index (χ1) is 6.26. The van der Waals surface area contributed by atoms with Crippen LogP contribution in [0, 0.1) is 0 Å². The highest BCUT2D eigenvalue weighted by atomic mass is 16.5. The third kappa shape index (κ3) is 2.66. The predicted octanol–water partition coefficient (Wildman–Crippen LogP) is 0.882. The van der Waals surface area contributed by atoms with Gasteiger partial charge in [-0.2, -0.15) is 0 Å². The van der Waals surface area contributed by atoms with Crippen molar-refractivity contribution in [2.45, 2.75) is 44.8 Å². The first kappa shape index (κ1) is 11.0. The van der Waals surface area contributed by atoms with Gasteiger partial charge in [-0.15, -0.1) is 0 Å². The zero-order valence-electron chi connectivity index (χ0n) is 8.81. The van der Waals surface area contributed by atoms with Gasteiger partial charge >= 0.3 is 0 Å². The Hall–Kier alpha value is -0.120. The van der Waals surface area contributed by atoms with Crippen LogP contribution in [0.25, 0.3) is 0 Å². The summed E-state index contributed by atoms with van der Waals surface area (Å²) in [4.78, 5) is 0. The lowest BCUT2D eigenvalue weighted by molar-refractivity contribution is -0.0473. The van der Waals surface area contributed by atoms with Crippen LogP contribution in [0.5, 0.6) is 0 Å². The molecule has 0 aromatic rings. The van der Waals surface area contributed by atoms with E-state index in [-0.39, 0.29) is 5.54 Å². The van der Waals surface area contributed by atoms with Gasteiger partial charge in [-0.05, 0) is 32.7 Å². The molecular weight excluding hydrogens is 164 g/mol. The number of nitrogens with one attached hydrogen (secondary N) is 1. The minimum absolute atomic E-state index is 0.190. The summed E-state index contributed by atoms with van der Waals surface area (Å²) < 4.78 is 5.52. The van der Waals surface area contributed by atoms with Gasteiger partial charge in [-0.25, -0.2) is 0 Å². The van der Waals surface area contributed by atoms with E-state index in [1.54, 1.807) is 0 Å². The Morgan fingerprint density at radius 1 is 1.46 bits per heavy atom. The van der Waals surface area contributed by atoms with Gasteiger partial charge in [0.15, 0.2) is 0 Å². The maximum Gasteiger partial charge on any atom is 0.0611 e. The molecule has 1 saturated carbocycles. The van der Waals surface area contributed by atoms with E-state index in [0.29, 0.717) is 6.10 Å². The molecule has 0 aromatic carbocycles. The van der Waals surface area contributed by atoms with Crippen LogP contribution in [-0.2, 0) is 4.74 Å². The molecule has 0 amide bonds. The summed E-state index contributed by atoms with van der Waals surface area (Å²) in [6.07, 6.45) is 3.77. The van der Waals surface area contributed by atoms with E-state index in [1.165, 1.54) is 6.42 Å². The maximum atomic E-state index is 5.75. The lowest BCUT2D eigenvalue weighted by Gasteiger charge is -2.47. The van der Waals surface area contributed by atoms with Crippen molar-refractivity contribution in [3.05, 3.63) is 0 Å². The van der Waals surface area contributed by atoms with Crippen LogP contribution in [0.3, 0.4) is 0 Å². The lowest BCUT2D eigenvalue weighted by Crippen LogP contribution is -2.62. The van der Waals surface area contributed by atoms with Gasteiger partial charge in [0.2, 0.25) is 0 Å². The third-order valence-corrected chi connectivity index (χ3v) is 2.78. The Morgan fingerprint density at radius 2 is 2.15 bits per heavy atom. The number of nitrogens with two attached hydrogens (primary N) is 1. The second-order valence-electron chi connectivity index (χ2n) is 3.90. The minimum Gasteiger partial charge on any atom is -0.378 e. The van der Waals surface area contributed by atoms with Crippen molar-refractivity contribution < 1.29 is 4.74 Å². The van der Waals surface area contributed by atoms with E-state index >= 15 is 0 Å². The number of hydrogen-bond acceptors (Lipinski definition) is 3. The van der Waals surface area contributed by atoms with Crippen molar-refractivity contribution in [3.63, 3.8) is 0 Å². The highest BCUT2D eigenvalue weighted by Crippen LogP contribution is 2.33. The van der Waals surface area contributed by atoms with E-state index in [2.05, 4.69) is 12.2 Å². The molecule has 0 aromatic heterocycles. The fourth-order valence-corrected chi connectivity index (χ4v) is 1.94. The molecule has 13 heavy (non-hydrogen) atoms. The molecule has 0 heterocycles. The van der Waals surface area contributed by atoms with Crippen LogP contribution in [0.1, 0.15) is 33.1 Å². The van der Waals surface area contributed by atoms with Crippen molar-refractivity contribution in [1.82, 2.24) is 5.32 Å². The summed E-state index contributed by atoms with van der Waals surface area (Å²) in [6.45, 7) is 6.84. The average Bonchev–Trinajstić information content (AvgIpc) is 2.09. The Labute approximate surface area is 81.0 Å². The molecular formula is C10H22N2O. The molecule has 1 aliphatic carbocycles. The normalized spacial score (nSPS) is 33.0. The van der Waals surface area contributed by atoms with Crippen LogP contribution in [0.2, 0.25) is 0 Å². The summed E-state index contributed by atoms with van der Waals surface area (Å²) in [6, 6.07) is 0. The van der Waals surface area contributed by atoms with Crippen LogP contribution >= 0.6 is 0 Å². The summed E-state index contributed by atoms with van der Waals surface area (Å²) in [5.41, 5.74) is 5.94. The molecule has 0 saturated heterocycles. The quantitative estimate of drug-likeness (QED) is 0.647. The van der Waals surface area contributed by atoms with Crippen LogP contribution in [0.15, 0.2) is 0 Å². The molecule has 3 heteroatoms. The van der Waals surface area contributed by atoms with Gasteiger partial charge in [0.1, 0.15) is 0 Å². The van der Waals surface area contributed by atoms with Crippen LogP contribution < -0.4 is 11.1 Å². The fraction of sp³-hybridized carbons (Fsp3) is 1.00. The van der Waals surface area contributed by atoms with E-state index in [4.69, 9.17) is 10.5 Å². The van der Waals surface area contributed by atoms with Crippen molar-refractivity contribution >= 4 is 0 Å². The molecule has 3 N–H and O–H groups in total. The van der Waals surface area contributed by atoms with Crippen molar-refractivity contribution in [2.24, 2.45) is 5.73 Å². The zero-order chi connectivity index (χ0) is 9.73. The monoisotopic (exact) mass is 186 g/mol. The molecule has 0 bridgehead atoms. The largest absolute Gasteiger partial charge is 0.378 e. The minimum atomic E-state index is 0.190. The zero-order valence-corrected chi connectivity index (χ0v) is 8.81. The molecule has 0 radical (unpaired) electrons. The van der Waals surface area contributed by atoms with E-state index in [1.807, 2.05) is 6.92 Å². The Kier molecular flexibility index (Phi) is 4.16. The predicted molar refractivity (Wildman–Crippen MR) is 54.7 cm³/mol. The topological polar surface area (TPSA) is 47.3 Å². The summed E-state index contributed by atoms with van der Waals surface area (Å²) in [5.74, 6) is 0. The first-order valence-electron chi connectivity index (χ1n) is 5.33. The third-order valence-electron chi connectivity index (χ3n) is 2.78. The maximum absolute atomic E-state index is 5.75. The molecule has 1 fully saturated rings. The smallest absolute Gasteiger partial charge is 0.0611 e. The molecule has 1 rings (SSSR count). The van der Waals surface area contributed by atoms with Crippen molar-refractivity contribution in [3.8, 4) is 0 Å². The second-order valence-corrected chi connectivity index (χ2v) is 3.90. The van der Waals surface area contributed by atoms with Gasteiger partial charge in [-0.1, -0.05) is 6.92 Å². The van der Waals surface area contributed by atoms with Gasteiger partial charge < -0.3 is 15.8 Å².